The van der Waals surface area contributed by atoms with Gasteiger partial charge in [-0.2, -0.15) is 5.26 Å². The van der Waals surface area contributed by atoms with Crippen molar-refractivity contribution in [3.8, 4) is 6.07 Å². The van der Waals surface area contributed by atoms with Crippen molar-refractivity contribution in [3.05, 3.63) is 0 Å². The summed E-state index contributed by atoms with van der Waals surface area (Å²) < 4.78 is 20.3. The van der Waals surface area contributed by atoms with Crippen molar-refractivity contribution < 1.29 is 13.8 Å². The molecule has 0 radical (unpaired) electrons. The molecule has 0 aliphatic carbocycles. The minimum absolute atomic E-state index is 0.0709. The smallest absolute Gasteiger partial charge is 0.259 e. The molecule has 1 aliphatic heterocycles. The standard InChI is InChI=1S/C19H38N3O3P/c1-15(2)22(16(3)4)26(24-11-9-10-20)25-18-12-17(14-23-8)21(13-18)19(5,6)7/h15-18H,9,11-14H2,1-8H3/t17-,18+,26-/m0/s1. The van der Waals surface area contributed by atoms with E-state index in [2.05, 4.69) is 64.1 Å². The van der Waals surface area contributed by atoms with Crippen LogP contribution in [0.15, 0.2) is 0 Å². The first-order valence-electron chi connectivity index (χ1n) is 9.62. The van der Waals surface area contributed by atoms with Crippen LogP contribution >= 0.6 is 8.53 Å². The van der Waals surface area contributed by atoms with Crippen LogP contribution in [-0.2, 0) is 13.8 Å². The largest absolute Gasteiger partial charge is 0.383 e. The summed E-state index contributed by atoms with van der Waals surface area (Å²) in [6, 6.07) is 3.14. The number of hydrogen-bond acceptors (Lipinski definition) is 6. The molecule has 6 nitrogen and oxygen atoms in total. The quantitative estimate of drug-likeness (QED) is 0.414. The van der Waals surface area contributed by atoms with Gasteiger partial charge in [0.25, 0.3) is 8.53 Å². The Labute approximate surface area is 161 Å². The lowest BCUT2D eigenvalue weighted by molar-refractivity contribution is 0.0576. The second kappa shape index (κ2) is 10.9. The minimum Gasteiger partial charge on any atom is -0.383 e. The molecule has 0 spiro atoms. The van der Waals surface area contributed by atoms with Crippen molar-refractivity contribution in [2.24, 2.45) is 0 Å². The highest BCUT2D eigenvalue weighted by Crippen LogP contribution is 2.48. The maximum atomic E-state index is 8.84. The van der Waals surface area contributed by atoms with Gasteiger partial charge in [0.2, 0.25) is 0 Å². The summed E-state index contributed by atoms with van der Waals surface area (Å²) in [4.78, 5) is 2.47. The number of nitrogens with zero attached hydrogens (tertiary/aromatic N) is 3. The molecule has 1 heterocycles. The van der Waals surface area contributed by atoms with E-state index >= 15 is 0 Å². The molecule has 0 N–H and O–H groups in total. The highest BCUT2D eigenvalue weighted by Gasteiger charge is 2.41. The number of rotatable bonds is 10. The number of likely N-dealkylation sites (tertiary alicyclic amines) is 1. The van der Waals surface area contributed by atoms with E-state index in [-0.39, 0.29) is 11.6 Å². The normalized spacial score (nSPS) is 23.2. The van der Waals surface area contributed by atoms with Crippen molar-refractivity contribution >= 4 is 8.53 Å². The molecule has 0 amide bonds. The van der Waals surface area contributed by atoms with Gasteiger partial charge < -0.3 is 13.8 Å². The van der Waals surface area contributed by atoms with Crippen LogP contribution in [0, 0.1) is 11.3 Å². The van der Waals surface area contributed by atoms with E-state index in [1.54, 1.807) is 7.11 Å². The third-order valence-corrected chi connectivity index (χ3v) is 6.68. The predicted molar refractivity (Wildman–Crippen MR) is 107 cm³/mol. The summed E-state index contributed by atoms with van der Waals surface area (Å²) in [7, 11) is 0.562. The predicted octanol–water partition coefficient (Wildman–Crippen LogP) is 4.17. The Hall–Kier alpha value is -0.280. The molecule has 3 atom stereocenters. The summed E-state index contributed by atoms with van der Waals surface area (Å²) in [6.45, 7) is 17.4. The summed E-state index contributed by atoms with van der Waals surface area (Å²) in [6.07, 6.45) is 1.44. The number of hydrogen-bond donors (Lipinski definition) is 0. The molecule has 0 bridgehead atoms. The Kier molecular flexibility index (Phi) is 9.96. The monoisotopic (exact) mass is 387 g/mol. The first-order valence-corrected chi connectivity index (χ1v) is 10.8. The second-order valence-corrected chi connectivity index (χ2v) is 9.85. The average Bonchev–Trinajstić information content (AvgIpc) is 2.90. The van der Waals surface area contributed by atoms with Crippen LogP contribution in [0.2, 0.25) is 0 Å². The van der Waals surface area contributed by atoms with Gasteiger partial charge in [-0.25, -0.2) is 4.67 Å². The van der Waals surface area contributed by atoms with Gasteiger partial charge in [-0.05, 0) is 54.9 Å². The number of ether oxygens (including phenoxy) is 1. The molecule has 1 saturated heterocycles. The molecule has 1 aliphatic rings. The van der Waals surface area contributed by atoms with E-state index < -0.39 is 8.53 Å². The SMILES string of the molecule is COC[C@@H]1C[C@@H](O[P@](OCCC#N)N(C(C)C)C(C)C)CN1C(C)(C)C. The molecule has 0 aromatic rings. The molecule has 1 fully saturated rings. The Morgan fingerprint density at radius 1 is 1.23 bits per heavy atom. The van der Waals surface area contributed by atoms with Crippen molar-refractivity contribution in [3.63, 3.8) is 0 Å². The van der Waals surface area contributed by atoms with E-state index in [9.17, 15) is 0 Å². The molecule has 7 heteroatoms. The third kappa shape index (κ3) is 7.03. The van der Waals surface area contributed by atoms with E-state index in [4.69, 9.17) is 19.0 Å². The summed E-state index contributed by atoms with van der Waals surface area (Å²) >= 11 is 0. The Morgan fingerprint density at radius 3 is 2.31 bits per heavy atom. The fraction of sp³-hybridized carbons (Fsp3) is 0.947. The molecule has 0 aromatic heterocycles. The van der Waals surface area contributed by atoms with Gasteiger partial charge in [0.1, 0.15) is 0 Å². The first-order chi connectivity index (χ1) is 12.1. The summed E-state index contributed by atoms with van der Waals surface area (Å²) in [5.41, 5.74) is 0.0709. The van der Waals surface area contributed by atoms with Gasteiger partial charge in [-0.15, -0.1) is 0 Å². The second-order valence-electron chi connectivity index (χ2n) is 8.44. The van der Waals surface area contributed by atoms with Gasteiger partial charge in [-0.3, -0.25) is 4.90 Å². The van der Waals surface area contributed by atoms with Crippen molar-refractivity contribution in [1.29, 1.82) is 5.26 Å². The van der Waals surface area contributed by atoms with Crippen LogP contribution in [0.3, 0.4) is 0 Å². The van der Waals surface area contributed by atoms with E-state index in [1.165, 1.54) is 0 Å². The Bertz CT molecular complexity index is 440. The van der Waals surface area contributed by atoms with Crippen LogP contribution in [-0.4, -0.2) is 66.2 Å². The van der Waals surface area contributed by atoms with E-state index in [0.29, 0.717) is 37.8 Å². The topological polar surface area (TPSA) is 58.0 Å². The molecule has 0 saturated carbocycles. The van der Waals surface area contributed by atoms with Gasteiger partial charge in [0.15, 0.2) is 0 Å². The number of nitriles is 1. The molecule has 26 heavy (non-hydrogen) atoms. The summed E-state index contributed by atoms with van der Waals surface area (Å²) in [5, 5.41) is 8.84. The highest BCUT2D eigenvalue weighted by molar-refractivity contribution is 7.44. The van der Waals surface area contributed by atoms with Crippen LogP contribution in [0.25, 0.3) is 0 Å². The molecule has 152 valence electrons. The van der Waals surface area contributed by atoms with Crippen LogP contribution < -0.4 is 0 Å². The van der Waals surface area contributed by atoms with E-state index in [0.717, 1.165) is 13.0 Å². The zero-order valence-corrected chi connectivity index (χ0v) is 18.8. The Morgan fingerprint density at radius 2 is 1.85 bits per heavy atom. The van der Waals surface area contributed by atoms with Gasteiger partial charge >= 0.3 is 0 Å². The Balaban J connectivity index is 2.87. The lowest BCUT2D eigenvalue weighted by Crippen LogP contribution is -2.46. The molecular formula is C19H38N3O3P. The third-order valence-electron chi connectivity index (χ3n) is 4.50. The fourth-order valence-corrected chi connectivity index (χ4v) is 5.26. The van der Waals surface area contributed by atoms with Gasteiger partial charge in [0.05, 0.1) is 31.8 Å². The first kappa shape index (κ1) is 23.8. The molecule has 1 rings (SSSR count). The molecule has 0 aromatic carbocycles. The number of methoxy groups -OCH3 is 1. The fourth-order valence-electron chi connectivity index (χ4n) is 3.54. The highest BCUT2D eigenvalue weighted by atomic mass is 31.2. The lowest BCUT2D eigenvalue weighted by atomic mass is 10.1. The van der Waals surface area contributed by atoms with Crippen LogP contribution in [0.5, 0.6) is 0 Å². The van der Waals surface area contributed by atoms with Gasteiger partial charge in [-0.1, -0.05) is 0 Å². The van der Waals surface area contributed by atoms with E-state index in [1.807, 2.05) is 0 Å². The lowest BCUT2D eigenvalue weighted by Gasteiger charge is -2.37. The minimum atomic E-state index is -1.19. The molecule has 0 unspecified atom stereocenters. The van der Waals surface area contributed by atoms with Crippen molar-refractivity contribution in [1.82, 2.24) is 9.57 Å². The zero-order valence-electron chi connectivity index (χ0n) is 17.9. The van der Waals surface area contributed by atoms with Crippen molar-refractivity contribution in [2.45, 2.75) is 91.1 Å². The van der Waals surface area contributed by atoms with Gasteiger partial charge in [0, 0.05) is 37.3 Å². The maximum Gasteiger partial charge on any atom is 0.259 e. The maximum absolute atomic E-state index is 8.84. The average molecular weight is 388 g/mol. The molecular weight excluding hydrogens is 349 g/mol. The summed E-state index contributed by atoms with van der Waals surface area (Å²) in [5.74, 6) is 0. The van der Waals surface area contributed by atoms with Crippen LogP contribution in [0.1, 0.15) is 61.3 Å². The van der Waals surface area contributed by atoms with Crippen molar-refractivity contribution in [2.75, 3.05) is 26.9 Å². The zero-order chi connectivity index (χ0) is 19.9. The van der Waals surface area contributed by atoms with Crippen LogP contribution in [0.4, 0.5) is 0 Å².